The summed E-state index contributed by atoms with van der Waals surface area (Å²) in [6.45, 7) is 6.61. The van der Waals surface area contributed by atoms with Crippen molar-refractivity contribution in [3.8, 4) is 5.75 Å². The largest absolute Gasteiger partial charge is 0.492 e. The minimum absolute atomic E-state index is 0.244. The fraction of sp³-hybridized carbons (Fsp3) is 0.562. The van der Waals surface area contributed by atoms with Crippen LogP contribution in [-0.4, -0.2) is 55.8 Å². The highest BCUT2D eigenvalue weighted by atomic mass is 16.5. The van der Waals surface area contributed by atoms with Crippen LogP contribution in [0.15, 0.2) is 24.3 Å². The van der Waals surface area contributed by atoms with Gasteiger partial charge in [-0.2, -0.15) is 0 Å². The summed E-state index contributed by atoms with van der Waals surface area (Å²) in [5.74, 6) is 0.192. The van der Waals surface area contributed by atoms with Crippen LogP contribution in [0.25, 0.3) is 0 Å². The molecular weight excluding hydrogens is 268 g/mol. The monoisotopic (exact) mass is 294 g/mol. The molecule has 1 aromatic carbocycles. The van der Waals surface area contributed by atoms with E-state index in [0.29, 0.717) is 24.3 Å². The first kappa shape index (κ1) is 17.5. The SMILES string of the molecule is CC(C)C(CN(C)C)NCCOc1cccc(C(=O)O)c1. The Kier molecular flexibility index (Phi) is 7.19. The van der Waals surface area contributed by atoms with Crippen LogP contribution in [-0.2, 0) is 0 Å². The summed E-state index contributed by atoms with van der Waals surface area (Å²) >= 11 is 0. The number of aromatic carboxylic acids is 1. The Hall–Kier alpha value is -1.59. The summed E-state index contributed by atoms with van der Waals surface area (Å²) in [7, 11) is 4.12. The number of hydrogen-bond acceptors (Lipinski definition) is 4. The van der Waals surface area contributed by atoms with Gasteiger partial charge in [-0.1, -0.05) is 19.9 Å². The van der Waals surface area contributed by atoms with Gasteiger partial charge < -0.3 is 20.1 Å². The molecule has 0 aliphatic heterocycles. The van der Waals surface area contributed by atoms with Gasteiger partial charge in [0.05, 0.1) is 5.56 Å². The molecule has 1 atom stereocenters. The summed E-state index contributed by atoms with van der Waals surface area (Å²) in [5, 5.41) is 12.4. The Labute approximate surface area is 126 Å². The molecule has 0 aliphatic carbocycles. The maximum absolute atomic E-state index is 10.9. The highest BCUT2D eigenvalue weighted by Crippen LogP contribution is 2.13. The molecule has 0 saturated heterocycles. The van der Waals surface area contributed by atoms with E-state index in [1.54, 1.807) is 24.3 Å². The van der Waals surface area contributed by atoms with Crippen LogP contribution in [0.4, 0.5) is 0 Å². The molecule has 0 saturated carbocycles. The van der Waals surface area contributed by atoms with E-state index in [2.05, 4.69) is 38.2 Å². The number of nitrogens with one attached hydrogen (secondary N) is 1. The predicted molar refractivity (Wildman–Crippen MR) is 84.1 cm³/mol. The van der Waals surface area contributed by atoms with Crippen molar-refractivity contribution in [2.24, 2.45) is 5.92 Å². The number of benzene rings is 1. The number of nitrogens with zero attached hydrogens (tertiary/aromatic N) is 1. The quantitative estimate of drug-likeness (QED) is 0.682. The van der Waals surface area contributed by atoms with Gasteiger partial charge in [-0.3, -0.25) is 0 Å². The lowest BCUT2D eigenvalue weighted by Gasteiger charge is -2.25. The van der Waals surface area contributed by atoms with Gasteiger partial charge in [-0.25, -0.2) is 4.79 Å². The Balaban J connectivity index is 2.39. The number of carboxylic acid groups (broad SMARTS) is 1. The molecule has 5 heteroatoms. The van der Waals surface area contributed by atoms with E-state index >= 15 is 0 Å². The standard InChI is InChI=1S/C16H26N2O3/c1-12(2)15(11-18(3)4)17-8-9-21-14-7-5-6-13(10-14)16(19)20/h5-7,10,12,15,17H,8-9,11H2,1-4H3,(H,19,20). The molecule has 1 rings (SSSR count). The Morgan fingerprint density at radius 3 is 2.67 bits per heavy atom. The minimum Gasteiger partial charge on any atom is -0.492 e. The zero-order chi connectivity index (χ0) is 15.8. The molecule has 2 N–H and O–H groups in total. The van der Waals surface area contributed by atoms with Gasteiger partial charge in [-0.05, 0) is 38.2 Å². The highest BCUT2D eigenvalue weighted by Gasteiger charge is 2.13. The second-order valence-electron chi connectivity index (χ2n) is 5.75. The zero-order valence-electron chi connectivity index (χ0n) is 13.3. The van der Waals surface area contributed by atoms with Gasteiger partial charge in [-0.15, -0.1) is 0 Å². The Morgan fingerprint density at radius 1 is 1.38 bits per heavy atom. The molecule has 0 aliphatic rings. The second kappa shape index (κ2) is 8.64. The number of carbonyl (C=O) groups is 1. The van der Waals surface area contributed by atoms with Gasteiger partial charge >= 0.3 is 5.97 Å². The van der Waals surface area contributed by atoms with Crippen LogP contribution < -0.4 is 10.1 Å². The lowest BCUT2D eigenvalue weighted by molar-refractivity contribution is 0.0696. The van der Waals surface area contributed by atoms with Crippen molar-refractivity contribution in [3.05, 3.63) is 29.8 Å². The molecule has 0 bridgehead atoms. The van der Waals surface area contributed by atoms with E-state index in [1.807, 2.05) is 0 Å². The topological polar surface area (TPSA) is 61.8 Å². The van der Waals surface area contributed by atoms with Crippen molar-refractivity contribution in [1.82, 2.24) is 10.2 Å². The first-order valence-electron chi connectivity index (χ1n) is 7.24. The third kappa shape index (κ3) is 6.60. The maximum atomic E-state index is 10.9. The Bertz CT molecular complexity index is 447. The molecule has 0 radical (unpaired) electrons. The van der Waals surface area contributed by atoms with Crippen molar-refractivity contribution in [2.45, 2.75) is 19.9 Å². The number of carboxylic acids is 1. The molecular formula is C16H26N2O3. The van der Waals surface area contributed by atoms with Gasteiger partial charge in [0, 0.05) is 19.1 Å². The van der Waals surface area contributed by atoms with E-state index in [9.17, 15) is 4.79 Å². The van der Waals surface area contributed by atoms with Crippen LogP contribution in [0.3, 0.4) is 0 Å². The average Bonchev–Trinajstić information content (AvgIpc) is 2.41. The average molecular weight is 294 g/mol. The molecule has 1 aromatic rings. The minimum atomic E-state index is -0.940. The van der Waals surface area contributed by atoms with Gasteiger partial charge in [0.15, 0.2) is 0 Å². The van der Waals surface area contributed by atoms with Crippen molar-refractivity contribution >= 4 is 5.97 Å². The molecule has 0 fully saturated rings. The van der Waals surface area contributed by atoms with Crippen LogP contribution in [0.1, 0.15) is 24.2 Å². The molecule has 0 aromatic heterocycles. The third-order valence-corrected chi connectivity index (χ3v) is 3.22. The van der Waals surface area contributed by atoms with Crippen LogP contribution in [0, 0.1) is 5.92 Å². The second-order valence-corrected chi connectivity index (χ2v) is 5.75. The van der Waals surface area contributed by atoms with E-state index in [1.165, 1.54) is 0 Å². The molecule has 0 spiro atoms. The molecule has 5 nitrogen and oxygen atoms in total. The predicted octanol–water partition coefficient (Wildman–Crippen LogP) is 1.94. The number of rotatable bonds is 9. The fourth-order valence-electron chi connectivity index (χ4n) is 2.04. The fourth-order valence-corrected chi connectivity index (χ4v) is 2.04. The van der Waals surface area contributed by atoms with E-state index in [0.717, 1.165) is 13.1 Å². The van der Waals surface area contributed by atoms with Crippen LogP contribution in [0.2, 0.25) is 0 Å². The summed E-state index contributed by atoms with van der Waals surface area (Å²) in [4.78, 5) is 13.0. The highest BCUT2D eigenvalue weighted by molar-refractivity contribution is 5.87. The lowest BCUT2D eigenvalue weighted by atomic mass is 10.0. The van der Waals surface area contributed by atoms with E-state index in [4.69, 9.17) is 9.84 Å². The molecule has 1 unspecified atom stereocenters. The summed E-state index contributed by atoms with van der Waals surface area (Å²) in [6, 6.07) is 6.97. The summed E-state index contributed by atoms with van der Waals surface area (Å²) < 4.78 is 5.59. The number of likely N-dealkylation sites (N-methyl/N-ethyl adjacent to an activating group) is 1. The summed E-state index contributed by atoms with van der Waals surface area (Å²) in [5.41, 5.74) is 0.244. The van der Waals surface area contributed by atoms with E-state index < -0.39 is 5.97 Å². The van der Waals surface area contributed by atoms with Crippen LogP contribution >= 0.6 is 0 Å². The van der Waals surface area contributed by atoms with E-state index in [-0.39, 0.29) is 5.56 Å². The number of ether oxygens (including phenoxy) is 1. The van der Waals surface area contributed by atoms with Gasteiger partial charge in [0.2, 0.25) is 0 Å². The van der Waals surface area contributed by atoms with Gasteiger partial charge in [0.25, 0.3) is 0 Å². The molecule has 21 heavy (non-hydrogen) atoms. The maximum Gasteiger partial charge on any atom is 0.335 e. The van der Waals surface area contributed by atoms with Crippen molar-refractivity contribution < 1.29 is 14.6 Å². The normalized spacial score (nSPS) is 12.7. The van der Waals surface area contributed by atoms with Crippen molar-refractivity contribution in [2.75, 3.05) is 33.8 Å². The third-order valence-electron chi connectivity index (χ3n) is 3.22. The van der Waals surface area contributed by atoms with Crippen molar-refractivity contribution in [1.29, 1.82) is 0 Å². The smallest absolute Gasteiger partial charge is 0.335 e. The lowest BCUT2D eigenvalue weighted by Crippen LogP contribution is -2.43. The Morgan fingerprint density at radius 2 is 2.10 bits per heavy atom. The first-order valence-corrected chi connectivity index (χ1v) is 7.24. The number of hydrogen-bond donors (Lipinski definition) is 2. The zero-order valence-corrected chi connectivity index (χ0v) is 13.3. The molecule has 0 heterocycles. The molecule has 0 amide bonds. The van der Waals surface area contributed by atoms with Gasteiger partial charge in [0.1, 0.15) is 12.4 Å². The molecule has 118 valence electrons. The van der Waals surface area contributed by atoms with Crippen LogP contribution in [0.5, 0.6) is 5.75 Å². The van der Waals surface area contributed by atoms with Crippen molar-refractivity contribution in [3.63, 3.8) is 0 Å². The summed E-state index contributed by atoms with van der Waals surface area (Å²) in [6.07, 6.45) is 0. The first-order chi connectivity index (χ1) is 9.90.